The van der Waals surface area contributed by atoms with Crippen molar-refractivity contribution in [1.82, 2.24) is 0 Å². The molecule has 0 radical (unpaired) electrons. The van der Waals surface area contributed by atoms with Gasteiger partial charge in [-0.05, 0) is 29.3 Å². The van der Waals surface area contributed by atoms with Crippen LogP contribution in [0.15, 0.2) is 72.8 Å². The van der Waals surface area contributed by atoms with Crippen molar-refractivity contribution in [2.24, 2.45) is 0 Å². The van der Waals surface area contributed by atoms with Gasteiger partial charge in [0.2, 0.25) is 0 Å². The molecule has 0 unspecified atom stereocenters. The maximum atomic E-state index is 12.6. The van der Waals surface area contributed by atoms with Crippen LogP contribution < -0.4 is 9.47 Å². The molecule has 138 valence electrons. The quantitative estimate of drug-likeness (QED) is 0.525. The number of hydrogen-bond acceptors (Lipinski definition) is 3. The number of carbonyl (C=O) groups excluding carboxylic acids is 1. The number of ether oxygens (including phenoxy) is 2. The monoisotopic (exact) mass is 372 g/mol. The molecule has 6 heteroatoms. The maximum Gasteiger partial charge on any atom is 0.573 e. The lowest BCUT2D eigenvalue weighted by molar-refractivity contribution is -0.274. The molecule has 0 aromatic heterocycles. The second-order valence-corrected chi connectivity index (χ2v) is 5.69. The van der Waals surface area contributed by atoms with Crippen LogP contribution in [0.1, 0.15) is 15.9 Å². The van der Waals surface area contributed by atoms with Crippen LogP contribution in [0.25, 0.3) is 11.1 Å². The van der Waals surface area contributed by atoms with E-state index in [4.69, 9.17) is 4.74 Å². The van der Waals surface area contributed by atoms with Crippen LogP contribution in [-0.4, -0.2) is 12.6 Å². The average molecular weight is 372 g/mol. The zero-order valence-electron chi connectivity index (χ0n) is 14.1. The summed E-state index contributed by atoms with van der Waals surface area (Å²) in [5.74, 6) is 0.0200. The van der Waals surface area contributed by atoms with Gasteiger partial charge < -0.3 is 9.47 Å². The first-order valence-corrected chi connectivity index (χ1v) is 8.07. The molecule has 0 bridgehead atoms. The number of rotatable bonds is 6. The lowest BCUT2D eigenvalue weighted by atomic mass is 10.0. The van der Waals surface area contributed by atoms with E-state index in [1.807, 2.05) is 30.3 Å². The number of hydrogen-bond donors (Lipinski definition) is 0. The fourth-order valence-corrected chi connectivity index (χ4v) is 2.59. The molecule has 0 N–H and O–H groups in total. The molecule has 0 saturated carbocycles. The summed E-state index contributed by atoms with van der Waals surface area (Å²) in [6, 6.07) is 19.8. The van der Waals surface area contributed by atoms with Crippen molar-refractivity contribution in [2.45, 2.75) is 13.0 Å². The van der Waals surface area contributed by atoms with Gasteiger partial charge in [0, 0.05) is 5.56 Å². The van der Waals surface area contributed by atoms with Crippen LogP contribution in [-0.2, 0) is 6.61 Å². The van der Waals surface area contributed by atoms with Crippen molar-refractivity contribution in [3.63, 3.8) is 0 Å². The minimum absolute atomic E-state index is 0.229. The molecule has 3 aromatic rings. The van der Waals surface area contributed by atoms with Gasteiger partial charge in [-0.15, -0.1) is 13.2 Å². The minimum Gasteiger partial charge on any atom is -0.488 e. The molecule has 0 aliphatic carbocycles. The Morgan fingerprint density at radius 3 is 2.26 bits per heavy atom. The van der Waals surface area contributed by atoms with Gasteiger partial charge in [-0.3, -0.25) is 4.79 Å². The normalized spacial score (nSPS) is 11.1. The highest BCUT2D eigenvalue weighted by Gasteiger charge is 2.32. The highest BCUT2D eigenvalue weighted by Crippen LogP contribution is 2.35. The number of carbonyl (C=O) groups is 1. The Balaban J connectivity index is 1.87. The number of alkyl halides is 3. The summed E-state index contributed by atoms with van der Waals surface area (Å²) < 4.78 is 47.6. The first kappa shape index (κ1) is 18.5. The summed E-state index contributed by atoms with van der Waals surface area (Å²) in [6.07, 6.45) is -4.20. The van der Waals surface area contributed by atoms with Crippen molar-refractivity contribution in [3.05, 3.63) is 83.9 Å². The van der Waals surface area contributed by atoms with Gasteiger partial charge in [0.15, 0.2) is 6.29 Å². The molecular weight excluding hydrogens is 357 g/mol. The van der Waals surface area contributed by atoms with Crippen LogP contribution in [0.2, 0.25) is 0 Å². The zero-order valence-corrected chi connectivity index (χ0v) is 14.1. The third kappa shape index (κ3) is 4.88. The second-order valence-electron chi connectivity index (χ2n) is 5.69. The van der Waals surface area contributed by atoms with E-state index in [1.165, 1.54) is 24.3 Å². The molecule has 0 saturated heterocycles. The van der Waals surface area contributed by atoms with Crippen molar-refractivity contribution < 1.29 is 27.4 Å². The minimum atomic E-state index is -4.80. The summed E-state index contributed by atoms with van der Waals surface area (Å²) in [4.78, 5) is 11.4. The Morgan fingerprint density at radius 1 is 0.852 bits per heavy atom. The van der Waals surface area contributed by atoms with Crippen LogP contribution in [0.3, 0.4) is 0 Å². The standard InChI is InChI=1S/C21H15F3O3/c22-21(23,24)27-20-9-5-4-8-18(20)16-10-11-19(17(12-16)13-25)26-14-15-6-2-1-3-7-15/h1-13H,14H2. The molecular formula is C21H15F3O3. The summed E-state index contributed by atoms with van der Waals surface area (Å²) in [5, 5.41) is 0. The molecule has 0 spiro atoms. The van der Waals surface area contributed by atoms with Gasteiger partial charge in [0.05, 0.1) is 5.56 Å². The van der Waals surface area contributed by atoms with E-state index >= 15 is 0 Å². The predicted molar refractivity (Wildman–Crippen MR) is 94.7 cm³/mol. The highest BCUT2D eigenvalue weighted by atomic mass is 19.4. The third-order valence-electron chi connectivity index (χ3n) is 3.80. The summed E-state index contributed by atoms with van der Waals surface area (Å²) in [5.41, 5.74) is 1.82. The molecule has 0 aliphatic heterocycles. The summed E-state index contributed by atoms with van der Waals surface area (Å²) in [6.45, 7) is 0.273. The van der Waals surface area contributed by atoms with Gasteiger partial charge in [-0.1, -0.05) is 54.6 Å². The Kier molecular flexibility index (Phi) is 5.45. The number of benzene rings is 3. The van der Waals surface area contributed by atoms with Crippen LogP contribution in [0.5, 0.6) is 11.5 Å². The van der Waals surface area contributed by atoms with Crippen molar-refractivity contribution >= 4 is 6.29 Å². The van der Waals surface area contributed by atoms with Crippen LogP contribution in [0.4, 0.5) is 13.2 Å². The van der Waals surface area contributed by atoms with E-state index in [2.05, 4.69) is 4.74 Å². The maximum absolute atomic E-state index is 12.6. The molecule has 3 rings (SSSR count). The van der Waals surface area contributed by atoms with E-state index < -0.39 is 6.36 Å². The van der Waals surface area contributed by atoms with Gasteiger partial charge in [0.25, 0.3) is 0 Å². The Bertz CT molecular complexity index is 921. The molecule has 3 nitrogen and oxygen atoms in total. The second kappa shape index (κ2) is 7.95. The van der Waals surface area contributed by atoms with E-state index in [-0.39, 0.29) is 23.5 Å². The van der Waals surface area contributed by atoms with Crippen LogP contribution >= 0.6 is 0 Å². The topological polar surface area (TPSA) is 35.5 Å². The first-order valence-electron chi connectivity index (χ1n) is 8.07. The van der Waals surface area contributed by atoms with Crippen molar-refractivity contribution in [1.29, 1.82) is 0 Å². The number of halogens is 3. The van der Waals surface area contributed by atoms with Crippen molar-refractivity contribution in [2.75, 3.05) is 0 Å². The summed E-state index contributed by atoms with van der Waals surface area (Å²) >= 11 is 0. The Hall–Kier alpha value is -3.28. The molecule has 0 amide bonds. The smallest absolute Gasteiger partial charge is 0.488 e. The van der Waals surface area contributed by atoms with Gasteiger partial charge >= 0.3 is 6.36 Å². The van der Waals surface area contributed by atoms with E-state index in [9.17, 15) is 18.0 Å². The van der Waals surface area contributed by atoms with Crippen molar-refractivity contribution in [3.8, 4) is 22.6 Å². The van der Waals surface area contributed by atoms with E-state index in [0.717, 1.165) is 5.56 Å². The number of aldehydes is 1. The molecule has 0 atom stereocenters. The van der Waals surface area contributed by atoms with Crippen LogP contribution in [0, 0.1) is 0 Å². The highest BCUT2D eigenvalue weighted by molar-refractivity contribution is 5.84. The number of para-hydroxylation sites is 1. The van der Waals surface area contributed by atoms with Gasteiger partial charge in [-0.25, -0.2) is 0 Å². The van der Waals surface area contributed by atoms with E-state index in [0.29, 0.717) is 17.6 Å². The first-order chi connectivity index (χ1) is 13.0. The van der Waals surface area contributed by atoms with E-state index in [1.54, 1.807) is 18.2 Å². The predicted octanol–water partition coefficient (Wildman–Crippen LogP) is 5.64. The third-order valence-corrected chi connectivity index (χ3v) is 3.80. The molecule has 27 heavy (non-hydrogen) atoms. The average Bonchev–Trinajstić information content (AvgIpc) is 2.66. The Labute approximate surface area is 154 Å². The molecule has 3 aromatic carbocycles. The lowest BCUT2D eigenvalue weighted by Crippen LogP contribution is -2.17. The fourth-order valence-electron chi connectivity index (χ4n) is 2.59. The molecule has 0 heterocycles. The largest absolute Gasteiger partial charge is 0.573 e. The molecule has 0 aliphatic rings. The zero-order chi connectivity index (χ0) is 19.3. The fraction of sp³-hybridized carbons (Fsp3) is 0.0952. The Morgan fingerprint density at radius 2 is 1.56 bits per heavy atom. The lowest BCUT2D eigenvalue weighted by Gasteiger charge is -2.14. The summed E-state index contributed by atoms with van der Waals surface area (Å²) in [7, 11) is 0. The SMILES string of the molecule is O=Cc1cc(-c2ccccc2OC(F)(F)F)ccc1OCc1ccccc1. The molecule has 0 fully saturated rings. The van der Waals surface area contributed by atoms with Gasteiger partial charge in [0.1, 0.15) is 18.1 Å². The van der Waals surface area contributed by atoms with Gasteiger partial charge in [-0.2, -0.15) is 0 Å².